The van der Waals surface area contributed by atoms with Gasteiger partial charge in [-0.05, 0) is 49.2 Å². The Morgan fingerprint density at radius 1 is 1.33 bits per heavy atom. The molecule has 3 rings (SSSR count). The number of halogens is 1. The molecule has 1 aromatic heterocycles. The van der Waals surface area contributed by atoms with Crippen molar-refractivity contribution in [2.45, 2.75) is 18.9 Å². The summed E-state index contributed by atoms with van der Waals surface area (Å²) >= 11 is 0. The zero-order chi connectivity index (χ0) is 16.9. The van der Waals surface area contributed by atoms with Crippen LogP contribution in [0, 0.1) is 11.7 Å². The Bertz CT molecular complexity index is 692. The van der Waals surface area contributed by atoms with Gasteiger partial charge in [0, 0.05) is 25.0 Å². The maximum atomic E-state index is 13.6. The molecule has 1 aromatic carbocycles. The summed E-state index contributed by atoms with van der Waals surface area (Å²) in [5.74, 6) is -0.134. The number of aromatic nitrogens is 1. The predicted octanol–water partition coefficient (Wildman–Crippen LogP) is 2.57. The summed E-state index contributed by atoms with van der Waals surface area (Å²) < 4.78 is 13.6. The van der Waals surface area contributed by atoms with Gasteiger partial charge >= 0.3 is 0 Å². The van der Waals surface area contributed by atoms with E-state index < -0.39 is 0 Å². The molecule has 1 N–H and O–H groups in total. The summed E-state index contributed by atoms with van der Waals surface area (Å²) in [6.07, 6.45) is 4.76. The fourth-order valence-corrected chi connectivity index (χ4v) is 3.44. The summed E-state index contributed by atoms with van der Waals surface area (Å²) in [5, 5.41) is 2.97. The normalized spacial score (nSPS) is 20.9. The van der Waals surface area contributed by atoms with Crippen LogP contribution >= 0.6 is 0 Å². The van der Waals surface area contributed by atoms with Gasteiger partial charge in [-0.15, -0.1) is 0 Å². The first-order valence-electron chi connectivity index (χ1n) is 8.25. The van der Waals surface area contributed by atoms with Gasteiger partial charge in [-0.25, -0.2) is 4.39 Å². The number of benzene rings is 1. The number of hydrogen-bond acceptors (Lipinski definition) is 3. The largest absolute Gasteiger partial charge is 0.355 e. The second-order valence-electron chi connectivity index (χ2n) is 6.33. The first-order chi connectivity index (χ1) is 11.6. The Balaban J connectivity index is 1.59. The van der Waals surface area contributed by atoms with Crippen LogP contribution in [0.2, 0.25) is 0 Å². The summed E-state index contributed by atoms with van der Waals surface area (Å²) in [5.41, 5.74) is 1.60. The fraction of sp³-hybridized carbons (Fsp3) is 0.368. The molecular formula is C19H22FN3O. The molecule has 0 spiro atoms. The van der Waals surface area contributed by atoms with E-state index in [0.29, 0.717) is 18.0 Å². The highest BCUT2D eigenvalue weighted by Gasteiger charge is 2.33. The van der Waals surface area contributed by atoms with E-state index >= 15 is 0 Å². The van der Waals surface area contributed by atoms with Gasteiger partial charge in [0.1, 0.15) is 5.82 Å². The van der Waals surface area contributed by atoms with Crippen molar-refractivity contribution in [2.75, 3.05) is 20.1 Å². The fourth-order valence-electron chi connectivity index (χ4n) is 3.44. The van der Waals surface area contributed by atoms with Crippen LogP contribution in [0.5, 0.6) is 0 Å². The van der Waals surface area contributed by atoms with Gasteiger partial charge in [-0.3, -0.25) is 14.7 Å². The predicted molar refractivity (Wildman–Crippen MR) is 90.8 cm³/mol. The Hall–Kier alpha value is -2.27. The molecule has 1 saturated heterocycles. The van der Waals surface area contributed by atoms with Gasteiger partial charge in [0.2, 0.25) is 5.91 Å². The third-order valence-corrected chi connectivity index (χ3v) is 4.67. The zero-order valence-corrected chi connectivity index (χ0v) is 13.8. The highest BCUT2D eigenvalue weighted by molar-refractivity contribution is 5.78. The molecule has 0 bridgehead atoms. The van der Waals surface area contributed by atoms with Crippen molar-refractivity contribution in [1.29, 1.82) is 0 Å². The van der Waals surface area contributed by atoms with Crippen LogP contribution in [-0.2, 0) is 11.2 Å². The van der Waals surface area contributed by atoms with Crippen LogP contribution in [0.1, 0.15) is 23.6 Å². The molecular weight excluding hydrogens is 305 g/mol. The molecule has 0 aliphatic carbocycles. The van der Waals surface area contributed by atoms with Crippen LogP contribution in [0.4, 0.5) is 4.39 Å². The SMILES string of the molecule is CN1CC[C@@H](CNC(=O)Cc2ccccc2F)[C@@H]1c1cccnc1. The lowest BCUT2D eigenvalue weighted by Gasteiger charge is -2.25. The van der Waals surface area contributed by atoms with E-state index in [1.165, 1.54) is 11.6 Å². The van der Waals surface area contributed by atoms with Gasteiger partial charge in [-0.2, -0.15) is 0 Å². The maximum Gasteiger partial charge on any atom is 0.224 e. The quantitative estimate of drug-likeness (QED) is 0.918. The van der Waals surface area contributed by atoms with Crippen molar-refractivity contribution in [3.63, 3.8) is 0 Å². The number of likely N-dealkylation sites (tertiary alicyclic amines) is 1. The number of carbonyl (C=O) groups excluding carboxylic acids is 1. The third-order valence-electron chi connectivity index (χ3n) is 4.67. The molecule has 1 fully saturated rings. The molecule has 126 valence electrons. The second-order valence-corrected chi connectivity index (χ2v) is 6.33. The van der Waals surface area contributed by atoms with Crippen molar-refractivity contribution in [3.05, 3.63) is 65.7 Å². The number of pyridine rings is 1. The number of hydrogen-bond donors (Lipinski definition) is 1. The van der Waals surface area contributed by atoms with E-state index in [4.69, 9.17) is 0 Å². The maximum absolute atomic E-state index is 13.6. The smallest absolute Gasteiger partial charge is 0.224 e. The van der Waals surface area contributed by atoms with E-state index in [-0.39, 0.29) is 24.2 Å². The molecule has 0 unspecified atom stereocenters. The van der Waals surface area contributed by atoms with E-state index in [0.717, 1.165) is 13.0 Å². The lowest BCUT2D eigenvalue weighted by molar-refractivity contribution is -0.120. The number of amides is 1. The molecule has 2 atom stereocenters. The lowest BCUT2D eigenvalue weighted by Crippen LogP contribution is -2.33. The van der Waals surface area contributed by atoms with E-state index in [2.05, 4.69) is 28.3 Å². The molecule has 2 heterocycles. The molecule has 1 aliphatic rings. The highest BCUT2D eigenvalue weighted by Crippen LogP contribution is 2.35. The number of nitrogens with zero attached hydrogens (tertiary/aromatic N) is 2. The Morgan fingerprint density at radius 3 is 2.92 bits per heavy atom. The lowest BCUT2D eigenvalue weighted by atomic mass is 9.94. The number of nitrogens with one attached hydrogen (secondary N) is 1. The molecule has 0 radical (unpaired) electrons. The molecule has 2 aromatic rings. The van der Waals surface area contributed by atoms with Gasteiger partial charge in [0.15, 0.2) is 0 Å². The first-order valence-corrected chi connectivity index (χ1v) is 8.25. The van der Waals surface area contributed by atoms with E-state index in [1.54, 1.807) is 24.4 Å². The standard InChI is InChI=1S/C19H22FN3O/c1-23-10-8-16(19(23)15-6-4-9-21-12-15)13-22-18(24)11-14-5-2-3-7-17(14)20/h2-7,9,12,16,19H,8,10-11,13H2,1H3,(H,22,24)/t16-,19-/m0/s1. The monoisotopic (exact) mass is 327 g/mol. The third kappa shape index (κ3) is 3.79. The van der Waals surface area contributed by atoms with Gasteiger partial charge in [-0.1, -0.05) is 24.3 Å². The topological polar surface area (TPSA) is 45.2 Å². The average molecular weight is 327 g/mol. The Morgan fingerprint density at radius 2 is 2.17 bits per heavy atom. The Kier molecular flexibility index (Phi) is 5.20. The van der Waals surface area contributed by atoms with Crippen LogP contribution in [0.15, 0.2) is 48.8 Å². The van der Waals surface area contributed by atoms with E-state index in [9.17, 15) is 9.18 Å². The minimum absolute atomic E-state index is 0.0762. The molecule has 24 heavy (non-hydrogen) atoms. The summed E-state index contributed by atoms with van der Waals surface area (Å²) in [7, 11) is 2.10. The van der Waals surface area contributed by atoms with Crippen molar-refractivity contribution < 1.29 is 9.18 Å². The highest BCUT2D eigenvalue weighted by atomic mass is 19.1. The minimum Gasteiger partial charge on any atom is -0.355 e. The molecule has 1 amide bonds. The van der Waals surface area contributed by atoms with Crippen molar-refractivity contribution in [1.82, 2.24) is 15.2 Å². The summed E-state index contributed by atoms with van der Waals surface area (Å²) in [6, 6.07) is 10.7. The Labute approximate surface area is 141 Å². The first kappa shape index (κ1) is 16.6. The summed E-state index contributed by atoms with van der Waals surface area (Å²) in [6.45, 7) is 1.59. The minimum atomic E-state index is -0.332. The van der Waals surface area contributed by atoms with Crippen molar-refractivity contribution in [3.8, 4) is 0 Å². The summed E-state index contributed by atoms with van der Waals surface area (Å²) in [4.78, 5) is 18.6. The van der Waals surface area contributed by atoms with Crippen LogP contribution in [0.3, 0.4) is 0 Å². The zero-order valence-electron chi connectivity index (χ0n) is 13.8. The molecule has 1 aliphatic heterocycles. The second kappa shape index (κ2) is 7.53. The number of carbonyl (C=O) groups is 1. The molecule has 4 nitrogen and oxygen atoms in total. The van der Waals surface area contributed by atoms with Crippen LogP contribution in [0.25, 0.3) is 0 Å². The van der Waals surface area contributed by atoms with Gasteiger partial charge in [0.05, 0.1) is 6.42 Å². The average Bonchev–Trinajstić information content (AvgIpc) is 2.96. The molecule has 5 heteroatoms. The van der Waals surface area contributed by atoms with Crippen molar-refractivity contribution in [2.24, 2.45) is 5.92 Å². The van der Waals surface area contributed by atoms with Crippen molar-refractivity contribution >= 4 is 5.91 Å². The molecule has 0 saturated carbocycles. The van der Waals surface area contributed by atoms with Crippen LogP contribution < -0.4 is 5.32 Å². The number of rotatable bonds is 5. The van der Waals surface area contributed by atoms with Crippen LogP contribution in [-0.4, -0.2) is 35.9 Å². The van der Waals surface area contributed by atoms with E-state index in [1.807, 2.05) is 12.3 Å². The van der Waals surface area contributed by atoms with Gasteiger partial charge in [0.25, 0.3) is 0 Å². The van der Waals surface area contributed by atoms with Gasteiger partial charge < -0.3 is 5.32 Å².